The summed E-state index contributed by atoms with van der Waals surface area (Å²) < 4.78 is 39.3. The molecule has 1 aromatic carbocycles. The van der Waals surface area contributed by atoms with Crippen molar-refractivity contribution in [1.82, 2.24) is 9.21 Å². The number of nitrogens with zero attached hydrogens (tertiary/aromatic N) is 2. The van der Waals surface area contributed by atoms with Gasteiger partial charge in [-0.1, -0.05) is 31.0 Å². The molecule has 1 aliphatic heterocycles. The summed E-state index contributed by atoms with van der Waals surface area (Å²) in [4.78, 5) is 15.2. The molecule has 1 amide bonds. The van der Waals surface area contributed by atoms with Gasteiger partial charge in [0.25, 0.3) is 0 Å². The second kappa shape index (κ2) is 7.27. The Kier molecular flexibility index (Phi) is 5.40. The molecule has 0 spiro atoms. The lowest BCUT2D eigenvalue weighted by molar-refractivity contribution is -0.138. The first-order valence-corrected chi connectivity index (χ1v) is 11.1. The fraction of sp³-hybridized carbons (Fsp3) is 0.632. The maximum atomic E-state index is 14.5. The van der Waals surface area contributed by atoms with Crippen LogP contribution in [-0.2, 0) is 20.2 Å². The van der Waals surface area contributed by atoms with Gasteiger partial charge in [-0.15, -0.1) is 0 Å². The Morgan fingerprint density at radius 1 is 1.19 bits per heavy atom. The number of hydrogen-bond acceptors (Lipinski definition) is 3. The van der Waals surface area contributed by atoms with Crippen LogP contribution in [0, 0.1) is 5.82 Å². The first-order chi connectivity index (χ1) is 12.3. The van der Waals surface area contributed by atoms with E-state index in [-0.39, 0.29) is 17.8 Å². The van der Waals surface area contributed by atoms with E-state index in [0.717, 1.165) is 12.8 Å². The number of amides is 1. The molecular weight excluding hydrogens is 355 g/mol. The molecule has 0 radical (unpaired) electrons. The van der Waals surface area contributed by atoms with Crippen LogP contribution in [0.4, 0.5) is 4.39 Å². The minimum absolute atomic E-state index is 0.000517. The van der Waals surface area contributed by atoms with Crippen LogP contribution in [0.5, 0.6) is 0 Å². The first-order valence-electron chi connectivity index (χ1n) is 9.23. The standard InChI is InChI=1S/C19H27FN2O3S/c1-21(26(2,24)25)15-9-13-22(14-10-15)18(23)19(11-5-6-12-19)16-7-3-4-8-17(16)20/h3-4,7-8,15H,5-6,9-14H2,1-2H3. The second-order valence-electron chi connectivity index (χ2n) is 7.57. The smallest absolute Gasteiger partial charge is 0.233 e. The summed E-state index contributed by atoms with van der Waals surface area (Å²) in [6.07, 6.45) is 5.63. The molecule has 5 nitrogen and oxygen atoms in total. The van der Waals surface area contributed by atoms with E-state index >= 15 is 0 Å². The quantitative estimate of drug-likeness (QED) is 0.804. The molecule has 1 aliphatic carbocycles. The highest BCUT2D eigenvalue weighted by atomic mass is 32.2. The number of sulfonamides is 1. The molecular formula is C19H27FN2O3S. The van der Waals surface area contributed by atoms with Gasteiger partial charge in [0.1, 0.15) is 5.82 Å². The molecule has 0 N–H and O–H groups in total. The number of carbonyl (C=O) groups is 1. The molecule has 1 saturated carbocycles. The number of carbonyl (C=O) groups excluding carboxylic acids is 1. The topological polar surface area (TPSA) is 57.7 Å². The van der Waals surface area contributed by atoms with Gasteiger partial charge in [-0.25, -0.2) is 17.1 Å². The van der Waals surface area contributed by atoms with Crippen molar-refractivity contribution in [1.29, 1.82) is 0 Å². The molecule has 2 aliphatic rings. The van der Waals surface area contributed by atoms with Gasteiger partial charge in [0.2, 0.25) is 15.9 Å². The van der Waals surface area contributed by atoms with Gasteiger partial charge in [-0.2, -0.15) is 0 Å². The van der Waals surface area contributed by atoms with E-state index in [0.29, 0.717) is 44.3 Å². The van der Waals surface area contributed by atoms with Crippen LogP contribution in [0.25, 0.3) is 0 Å². The van der Waals surface area contributed by atoms with Crippen molar-refractivity contribution in [3.8, 4) is 0 Å². The van der Waals surface area contributed by atoms with Gasteiger partial charge < -0.3 is 4.90 Å². The van der Waals surface area contributed by atoms with Crippen LogP contribution >= 0.6 is 0 Å². The van der Waals surface area contributed by atoms with E-state index in [1.165, 1.54) is 16.6 Å². The highest BCUT2D eigenvalue weighted by molar-refractivity contribution is 7.88. The van der Waals surface area contributed by atoms with E-state index in [1.807, 2.05) is 4.90 Å². The van der Waals surface area contributed by atoms with Gasteiger partial charge in [-0.05, 0) is 31.7 Å². The van der Waals surface area contributed by atoms with Crippen molar-refractivity contribution < 1.29 is 17.6 Å². The highest BCUT2D eigenvalue weighted by Crippen LogP contribution is 2.44. The van der Waals surface area contributed by atoms with Gasteiger partial charge in [0, 0.05) is 31.7 Å². The molecule has 1 aromatic rings. The maximum absolute atomic E-state index is 14.5. The van der Waals surface area contributed by atoms with Gasteiger partial charge in [0.15, 0.2) is 0 Å². The molecule has 0 atom stereocenters. The van der Waals surface area contributed by atoms with Crippen LogP contribution in [0.1, 0.15) is 44.1 Å². The van der Waals surface area contributed by atoms with E-state index < -0.39 is 15.4 Å². The number of hydrogen-bond donors (Lipinski definition) is 0. The predicted octanol–water partition coefficient (Wildman–Crippen LogP) is 2.52. The fourth-order valence-electron chi connectivity index (χ4n) is 4.43. The number of halogens is 1. The number of likely N-dealkylation sites (tertiary alicyclic amines) is 1. The summed E-state index contributed by atoms with van der Waals surface area (Å²) in [7, 11) is -1.64. The third kappa shape index (κ3) is 3.51. The molecule has 1 heterocycles. The third-order valence-electron chi connectivity index (χ3n) is 6.04. The predicted molar refractivity (Wildman–Crippen MR) is 98.8 cm³/mol. The second-order valence-corrected chi connectivity index (χ2v) is 9.61. The molecule has 0 aromatic heterocycles. The van der Waals surface area contributed by atoms with Crippen molar-refractivity contribution in [2.75, 3.05) is 26.4 Å². The van der Waals surface area contributed by atoms with Crippen LogP contribution in [0.15, 0.2) is 24.3 Å². The van der Waals surface area contributed by atoms with Gasteiger partial charge in [0.05, 0.1) is 11.7 Å². The summed E-state index contributed by atoms with van der Waals surface area (Å²) in [6.45, 7) is 1.03. The Bertz CT molecular complexity index is 767. The van der Waals surface area contributed by atoms with Gasteiger partial charge >= 0.3 is 0 Å². The number of rotatable bonds is 4. The Balaban J connectivity index is 1.77. The maximum Gasteiger partial charge on any atom is 0.233 e. The minimum Gasteiger partial charge on any atom is -0.342 e. The van der Waals surface area contributed by atoms with Crippen LogP contribution < -0.4 is 0 Å². The van der Waals surface area contributed by atoms with Crippen molar-refractivity contribution in [2.45, 2.75) is 50.0 Å². The van der Waals surface area contributed by atoms with E-state index in [1.54, 1.807) is 25.2 Å². The lowest BCUT2D eigenvalue weighted by atomic mass is 9.77. The summed E-state index contributed by atoms with van der Waals surface area (Å²) in [5, 5.41) is 0. The van der Waals surface area contributed by atoms with Crippen LogP contribution in [0.2, 0.25) is 0 Å². The molecule has 7 heteroatoms. The summed E-state index contributed by atoms with van der Waals surface area (Å²) in [5.74, 6) is -0.310. The van der Waals surface area contributed by atoms with E-state index in [9.17, 15) is 17.6 Å². The van der Waals surface area contributed by atoms with Crippen molar-refractivity contribution >= 4 is 15.9 Å². The molecule has 3 rings (SSSR count). The average Bonchev–Trinajstić information content (AvgIpc) is 3.11. The average molecular weight is 383 g/mol. The van der Waals surface area contributed by atoms with E-state index in [2.05, 4.69) is 0 Å². The molecule has 2 fully saturated rings. The Labute approximate surface area is 155 Å². The number of benzene rings is 1. The largest absolute Gasteiger partial charge is 0.342 e. The molecule has 0 unspecified atom stereocenters. The monoisotopic (exact) mass is 382 g/mol. The molecule has 144 valence electrons. The van der Waals surface area contributed by atoms with Crippen LogP contribution in [-0.4, -0.2) is 56.0 Å². The molecule has 26 heavy (non-hydrogen) atoms. The molecule has 1 saturated heterocycles. The first kappa shape index (κ1) is 19.3. The van der Waals surface area contributed by atoms with Crippen LogP contribution in [0.3, 0.4) is 0 Å². The van der Waals surface area contributed by atoms with Gasteiger partial charge in [-0.3, -0.25) is 4.79 Å². The lowest BCUT2D eigenvalue weighted by Gasteiger charge is -2.40. The number of piperidine rings is 1. The molecule has 0 bridgehead atoms. The van der Waals surface area contributed by atoms with Crippen molar-refractivity contribution in [3.63, 3.8) is 0 Å². The summed E-state index contributed by atoms with van der Waals surface area (Å²) in [6, 6.07) is 6.53. The fourth-order valence-corrected chi connectivity index (χ4v) is 5.18. The Morgan fingerprint density at radius 2 is 1.77 bits per heavy atom. The zero-order valence-corrected chi connectivity index (χ0v) is 16.3. The lowest BCUT2D eigenvalue weighted by Crippen LogP contribution is -2.52. The zero-order chi connectivity index (χ0) is 18.9. The Morgan fingerprint density at radius 3 is 2.31 bits per heavy atom. The normalized spacial score (nSPS) is 21.3. The van der Waals surface area contributed by atoms with Crippen molar-refractivity contribution in [2.24, 2.45) is 0 Å². The summed E-state index contributed by atoms with van der Waals surface area (Å²) in [5.41, 5.74) is -0.251. The highest BCUT2D eigenvalue weighted by Gasteiger charge is 2.47. The van der Waals surface area contributed by atoms with E-state index in [4.69, 9.17) is 0 Å². The SMILES string of the molecule is CN(C1CCN(C(=O)C2(c3ccccc3F)CCCC2)CC1)S(C)(=O)=O. The third-order valence-corrected chi connectivity index (χ3v) is 7.39. The minimum atomic E-state index is -3.24. The Hall–Kier alpha value is -1.47. The summed E-state index contributed by atoms with van der Waals surface area (Å²) >= 11 is 0. The zero-order valence-electron chi connectivity index (χ0n) is 15.4. The van der Waals surface area contributed by atoms with Crippen molar-refractivity contribution in [3.05, 3.63) is 35.6 Å².